The first-order chi connectivity index (χ1) is 10.4. The van der Waals surface area contributed by atoms with E-state index in [1.165, 1.54) is 11.8 Å². The van der Waals surface area contributed by atoms with Crippen LogP contribution in [0.5, 0.6) is 0 Å². The molecule has 0 bridgehead atoms. The Hall–Kier alpha value is -0.950. The van der Waals surface area contributed by atoms with Crippen molar-refractivity contribution in [2.45, 2.75) is 17.7 Å². The predicted octanol–water partition coefficient (Wildman–Crippen LogP) is 2.59. The number of aliphatic carboxylic acids is 1. The van der Waals surface area contributed by atoms with Gasteiger partial charge in [0.1, 0.15) is 0 Å². The van der Waals surface area contributed by atoms with Gasteiger partial charge in [0.25, 0.3) is 0 Å². The number of amides is 1. The van der Waals surface area contributed by atoms with E-state index in [4.69, 9.17) is 27.9 Å². The van der Waals surface area contributed by atoms with Crippen LogP contribution in [0.4, 0.5) is 0 Å². The molecule has 1 amide bonds. The van der Waals surface area contributed by atoms with Gasteiger partial charge in [0.2, 0.25) is 5.91 Å². The molecule has 0 radical (unpaired) electrons. The quantitative estimate of drug-likeness (QED) is 0.812. The van der Waals surface area contributed by atoms with Crippen LogP contribution in [-0.4, -0.2) is 41.5 Å². The highest BCUT2D eigenvalue weighted by atomic mass is 35.5. The van der Waals surface area contributed by atoms with Gasteiger partial charge in [-0.25, -0.2) is 4.79 Å². The normalized spacial score (nSPS) is 20.8. The van der Waals surface area contributed by atoms with Crippen LogP contribution in [0.25, 0.3) is 0 Å². The molecule has 1 unspecified atom stereocenters. The number of carbonyl (C=O) groups excluding carboxylic acids is 1. The number of benzene rings is 1. The van der Waals surface area contributed by atoms with E-state index >= 15 is 0 Å². The van der Waals surface area contributed by atoms with Crippen molar-refractivity contribution in [1.29, 1.82) is 0 Å². The van der Waals surface area contributed by atoms with Crippen LogP contribution in [0.1, 0.15) is 12.0 Å². The van der Waals surface area contributed by atoms with Crippen molar-refractivity contribution in [3.8, 4) is 0 Å². The molecule has 0 aliphatic carbocycles. The van der Waals surface area contributed by atoms with Crippen LogP contribution in [0.2, 0.25) is 10.0 Å². The third kappa shape index (κ3) is 4.29. The Morgan fingerprint density at radius 2 is 2.18 bits per heavy atom. The summed E-state index contributed by atoms with van der Waals surface area (Å²) in [5.74, 6) is -0.708. The Morgan fingerprint density at radius 1 is 1.41 bits per heavy atom. The predicted molar refractivity (Wildman–Crippen MR) is 86.6 cm³/mol. The van der Waals surface area contributed by atoms with Gasteiger partial charge in [0.05, 0.1) is 12.4 Å². The molecular weight excluding hydrogens is 349 g/mol. The molecule has 2 N–H and O–H groups in total. The number of ether oxygens (including phenoxy) is 1. The van der Waals surface area contributed by atoms with Gasteiger partial charge in [0, 0.05) is 28.8 Å². The Morgan fingerprint density at radius 3 is 2.77 bits per heavy atom. The Kier molecular flexibility index (Phi) is 5.97. The summed E-state index contributed by atoms with van der Waals surface area (Å²) in [6, 6.07) is 5.19. The number of rotatable bonds is 6. The van der Waals surface area contributed by atoms with Crippen molar-refractivity contribution >= 4 is 46.8 Å². The van der Waals surface area contributed by atoms with Gasteiger partial charge in [0.15, 0.2) is 5.54 Å². The molecule has 0 saturated carbocycles. The molecule has 1 aliphatic heterocycles. The fourth-order valence-electron chi connectivity index (χ4n) is 2.08. The lowest BCUT2D eigenvalue weighted by Gasteiger charge is -2.23. The monoisotopic (exact) mass is 363 g/mol. The third-order valence-corrected chi connectivity index (χ3v) is 4.88. The first-order valence-electron chi connectivity index (χ1n) is 6.57. The van der Waals surface area contributed by atoms with Gasteiger partial charge in [-0.2, -0.15) is 0 Å². The van der Waals surface area contributed by atoms with Crippen molar-refractivity contribution in [2.24, 2.45) is 0 Å². The van der Waals surface area contributed by atoms with Crippen molar-refractivity contribution in [3.63, 3.8) is 0 Å². The third-order valence-electron chi connectivity index (χ3n) is 3.32. The summed E-state index contributed by atoms with van der Waals surface area (Å²) in [5.41, 5.74) is -0.420. The lowest BCUT2D eigenvalue weighted by Crippen LogP contribution is -2.55. The summed E-state index contributed by atoms with van der Waals surface area (Å²) in [6.07, 6.45) is 0.280. The number of carboxylic acids is 1. The minimum atomic E-state index is -1.30. The molecular formula is C14H15Cl2NO4S. The van der Waals surface area contributed by atoms with Crippen molar-refractivity contribution in [2.75, 3.05) is 19.0 Å². The summed E-state index contributed by atoms with van der Waals surface area (Å²) in [4.78, 5) is 23.2. The molecule has 1 aromatic rings. The molecule has 5 nitrogen and oxygen atoms in total. The van der Waals surface area contributed by atoms with Gasteiger partial charge >= 0.3 is 5.97 Å². The Balaban J connectivity index is 1.84. The van der Waals surface area contributed by atoms with Gasteiger partial charge in [-0.1, -0.05) is 29.3 Å². The molecule has 1 aromatic carbocycles. The second-order valence-electron chi connectivity index (χ2n) is 4.97. The number of carboxylic acid groups (broad SMARTS) is 1. The fourth-order valence-corrected chi connectivity index (χ4v) is 3.47. The number of thioether (sulfide) groups is 1. The van der Waals surface area contributed by atoms with Gasteiger partial charge in [-0.15, -0.1) is 11.8 Å². The zero-order valence-corrected chi connectivity index (χ0v) is 13.9. The zero-order chi connectivity index (χ0) is 16.2. The van der Waals surface area contributed by atoms with Crippen LogP contribution >= 0.6 is 35.0 Å². The lowest BCUT2D eigenvalue weighted by molar-refractivity contribution is -0.147. The average Bonchev–Trinajstić information content (AvgIpc) is 2.91. The number of carbonyl (C=O) groups is 2. The molecule has 120 valence electrons. The molecule has 0 spiro atoms. The van der Waals surface area contributed by atoms with Crippen LogP contribution in [-0.2, 0) is 20.1 Å². The summed E-state index contributed by atoms with van der Waals surface area (Å²) in [5, 5.41) is 12.9. The zero-order valence-electron chi connectivity index (χ0n) is 11.6. The second kappa shape index (κ2) is 7.55. The smallest absolute Gasteiger partial charge is 0.331 e. The summed E-state index contributed by atoms with van der Waals surface area (Å²) in [6.45, 7) is 0.335. The topological polar surface area (TPSA) is 75.6 Å². The lowest BCUT2D eigenvalue weighted by atomic mass is 9.99. The SMILES string of the molecule is O=C(CSCc1ccc(Cl)cc1Cl)NC1(C(=O)O)CCOC1. The van der Waals surface area contributed by atoms with Crippen molar-refractivity contribution in [3.05, 3.63) is 33.8 Å². The van der Waals surface area contributed by atoms with E-state index < -0.39 is 11.5 Å². The van der Waals surface area contributed by atoms with Crippen LogP contribution in [0.15, 0.2) is 18.2 Å². The second-order valence-corrected chi connectivity index (χ2v) is 6.80. The molecule has 1 saturated heterocycles. The summed E-state index contributed by atoms with van der Waals surface area (Å²) in [7, 11) is 0. The Bertz CT molecular complexity index is 576. The van der Waals surface area contributed by atoms with E-state index in [1.807, 2.05) is 0 Å². The largest absolute Gasteiger partial charge is 0.479 e. The van der Waals surface area contributed by atoms with Crippen LogP contribution < -0.4 is 5.32 Å². The molecule has 1 atom stereocenters. The standard InChI is InChI=1S/C14H15Cl2NO4S/c15-10-2-1-9(11(16)5-10)6-22-7-12(18)17-14(13(19)20)3-4-21-8-14/h1-2,5H,3-4,6-8H2,(H,17,18)(H,19,20). The van der Waals surface area contributed by atoms with E-state index in [9.17, 15) is 14.7 Å². The highest BCUT2D eigenvalue weighted by Crippen LogP contribution is 2.25. The van der Waals surface area contributed by atoms with E-state index in [-0.39, 0.29) is 24.7 Å². The maximum absolute atomic E-state index is 11.9. The molecule has 1 fully saturated rings. The van der Waals surface area contributed by atoms with Gasteiger partial charge < -0.3 is 15.2 Å². The van der Waals surface area contributed by atoms with E-state index in [1.54, 1.807) is 18.2 Å². The molecule has 1 heterocycles. The number of hydrogen-bond donors (Lipinski definition) is 2. The number of nitrogens with one attached hydrogen (secondary N) is 1. The first-order valence-corrected chi connectivity index (χ1v) is 8.48. The van der Waals surface area contributed by atoms with E-state index in [0.29, 0.717) is 22.4 Å². The minimum absolute atomic E-state index is 0.00174. The molecule has 0 aromatic heterocycles. The molecule has 22 heavy (non-hydrogen) atoms. The minimum Gasteiger partial charge on any atom is -0.479 e. The van der Waals surface area contributed by atoms with Crippen LogP contribution in [0, 0.1) is 0 Å². The highest BCUT2D eigenvalue weighted by molar-refractivity contribution is 7.99. The average molecular weight is 364 g/mol. The maximum atomic E-state index is 11.9. The molecule has 8 heteroatoms. The Labute approximate surface area is 142 Å². The van der Waals surface area contributed by atoms with Gasteiger partial charge in [-0.3, -0.25) is 4.79 Å². The summed E-state index contributed by atoms with van der Waals surface area (Å²) < 4.78 is 5.09. The molecule has 2 rings (SSSR count). The highest BCUT2D eigenvalue weighted by Gasteiger charge is 2.43. The van der Waals surface area contributed by atoms with Gasteiger partial charge in [-0.05, 0) is 17.7 Å². The molecule has 1 aliphatic rings. The maximum Gasteiger partial charge on any atom is 0.331 e. The van der Waals surface area contributed by atoms with Crippen molar-refractivity contribution < 1.29 is 19.4 Å². The first kappa shape index (κ1) is 17.4. The number of hydrogen-bond acceptors (Lipinski definition) is 4. The van der Waals surface area contributed by atoms with E-state index in [0.717, 1.165) is 5.56 Å². The van der Waals surface area contributed by atoms with E-state index in [2.05, 4.69) is 5.32 Å². The summed E-state index contributed by atoms with van der Waals surface area (Å²) >= 11 is 13.2. The number of halogens is 2. The van der Waals surface area contributed by atoms with Crippen molar-refractivity contribution in [1.82, 2.24) is 5.32 Å². The van der Waals surface area contributed by atoms with Crippen LogP contribution in [0.3, 0.4) is 0 Å². The fraction of sp³-hybridized carbons (Fsp3) is 0.429.